The first-order valence-electron chi connectivity index (χ1n) is 8.88. The molecule has 0 unspecified atom stereocenters. The Kier molecular flexibility index (Phi) is 5.54. The second kappa shape index (κ2) is 8.03. The number of hydrogen-bond donors (Lipinski definition) is 2. The standard InChI is InChI=1S/C21H22N2O4/c1-13-4-3-5-14(2)19(13)23-18(24)12-27-21(26)16-8-10-17(11-9-16)22-20(25)15-6-7-15/h3-5,8-11,15H,6-7,12H2,1-2H3,(H,22,25)(H,23,24). The maximum Gasteiger partial charge on any atom is 0.338 e. The minimum Gasteiger partial charge on any atom is -0.452 e. The molecule has 0 heterocycles. The summed E-state index contributed by atoms with van der Waals surface area (Å²) < 4.78 is 5.07. The van der Waals surface area contributed by atoms with Gasteiger partial charge in [-0.15, -0.1) is 0 Å². The van der Waals surface area contributed by atoms with Crippen molar-refractivity contribution in [3.05, 3.63) is 59.2 Å². The molecule has 6 nitrogen and oxygen atoms in total. The van der Waals surface area contributed by atoms with E-state index in [9.17, 15) is 14.4 Å². The van der Waals surface area contributed by atoms with Crippen molar-refractivity contribution in [3.63, 3.8) is 0 Å². The molecule has 0 bridgehead atoms. The van der Waals surface area contributed by atoms with Gasteiger partial charge in [0.1, 0.15) is 0 Å². The van der Waals surface area contributed by atoms with Crippen LogP contribution >= 0.6 is 0 Å². The van der Waals surface area contributed by atoms with Crippen LogP contribution in [0.25, 0.3) is 0 Å². The van der Waals surface area contributed by atoms with E-state index in [-0.39, 0.29) is 18.4 Å². The maximum atomic E-state index is 12.1. The Bertz CT molecular complexity index is 850. The second-order valence-electron chi connectivity index (χ2n) is 6.73. The van der Waals surface area contributed by atoms with Gasteiger partial charge in [-0.2, -0.15) is 0 Å². The predicted octanol–water partition coefficient (Wildman–Crippen LogP) is 3.45. The molecular formula is C21H22N2O4. The average molecular weight is 366 g/mol. The number of amides is 2. The lowest BCUT2D eigenvalue weighted by molar-refractivity contribution is -0.119. The van der Waals surface area contributed by atoms with Crippen molar-refractivity contribution in [1.29, 1.82) is 0 Å². The number of carbonyl (C=O) groups is 3. The summed E-state index contributed by atoms with van der Waals surface area (Å²) in [6, 6.07) is 12.1. The quantitative estimate of drug-likeness (QED) is 0.767. The van der Waals surface area contributed by atoms with E-state index in [2.05, 4.69) is 10.6 Å². The molecule has 0 atom stereocenters. The van der Waals surface area contributed by atoms with Crippen LogP contribution in [0, 0.1) is 19.8 Å². The molecule has 0 radical (unpaired) electrons. The van der Waals surface area contributed by atoms with E-state index in [0.717, 1.165) is 29.7 Å². The molecule has 3 rings (SSSR count). The fourth-order valence-corrected chi connectivity index (χ4v) is 2.68. The Morgan fingerprint density at radius 2 is 1.59 bits per heavy atom. The van der Waals surface area contributed by atoms with Crippen molar-refractivity contribution in [2.75, 3.05) is 17.2 Å². The summed E-state index contributed by atoms with van der Waals surface area (Å²) >= 11 is 0. The van der Waals surface area contributed by atoms with E-state index in [1.165, 1.54) is 0 Å². The smallest absolute Gasteiger partial charge is 0.338 e. The molecule has 2 N–H and O–H groups in total. The molecule has 2 amide bonds. The minimum atomic E-state index is -0.591. The summed E-state index contributed by atoms with van der Waals surface area (Å²) in [5.41, 5.74) is 3.57. The van der Waals surface area contributed by atoms with Crippen LogP contribution in [0.15, 0.2) is 42.5 Å². The number of aryl methyl sites for hydroxylation is 2. The van der Waals surface area contributed by atoms with Crippen LogP contribution in [-0.4, -0.2) is 24.4 Å². The van der Waals surface area contributed by atoms with Crippen molar-refractivity contribution in [2.45, 2.75) is 26.7 Å². The summed E-state index contributed by atoms with van der Waals surface area (Å²) in [4.78, 5) is 35.9. The van der Waals surface area contributed by atoms with Crippen LogP contribution < -0.4 is 10.6 Å². The normalized spacial score (nSPS) is 13.0. The molecule has 27 heavy (non-hydrogen) atoms. The van der Waals surface area contributed by atoms with E-state index in [4.69, 9.17) is 4.74 Å². The Morgan fingerprint density at radius 1 is 0.963 bits per heavy atom. The van der Waals surface area contributed by atoms with Crippen molar-refractivity contribution in [3.8, 4) is 0 Å². The molecule has 0 spiro atoms. The van der Waals surface area contributed by atoms with Crippen molar-refractivity contribution >= 4 is 29.2 Å². The highest BCUT2D eigenvalue weighted by Crippen LogP contribution is 2.30. The van der Waals surface area contributed by atoms with E-state index in [1.54, 1.807) is 24.3 Å². The van der Waals surface area contributed by atoms with Gasteiger partial charge in [-0.25, -0.2) is 4.79 Å². The number of anilines is 2. The molecule has 140 valence electrons. The average Bonchev–Trinajstić information content (AvgIpc) is 3.49. The topological polar surface area (TPSA) is 84.5 Å². The number of esters is 1. The van der Waals surface area contributed by atoms with Crippen molar-refractivity contribution in [1.82, 2.24) is 0 Å². The molecule has 1 aliphatic carbocycles. The molecular weight excluding hydrogens is 344 g/mol. The third-order valence-electron chi connectivity index (χ3n) is 4.42. The van der Waals surface area contributed by atoms with Crippen LogP contribution in [0.2, 0.25) is 0 Å². The van der Waals surface area contributed by atoms with Gasteiger partial charge >= 0.3 is 5.97 Å². The number of ether oxygens (including phenoxy) is 1. The number of rotatable bonds is 6. The molecule has 0 aliphatic heterocycles. The number of nitrogens with one attached hydrogen (secondary N) is 2. The zero-order valence-electron chi connectivity index (χ0n) is 15.4. The van der Waals surface area contributed by atoms with E-state index in [0.29, 0.717) is 11.3 Å². The highest BCUT2D eigenvalue weighted by Gasteiger charge is 2.29. The van der Waals surface area contributed by atoms with E-state index in [1.807, 2.05) is 32.0 Å². The number of hydrogen-bond acceptors (Lipinski definition) is 4. The minimum absolute atomic E-state index is 0.00787. The highest BCUT2D eigenvalue weighted by molar-refractivity contribution is 5.97. The number of benzene rings is 2. The van der Waals surface area contributed by atoms with Gasteiger partial charge in [0.2, 0.25) is 5.91 Å². The van der Waals surface area contributed by atoms with Crippen LogP contribution in [0.1, 0.15) is 34.3 Å². The first-order valence-corrected chi connectivity index (χ1v) is 8.88. The summed E-state index contributed by atoms with van der Waals surface area (Å²) in [7, 11) is 0. The molecule has 1 saturated carbocycles. The van der Waals surface area contributed by atoms with Gasteiger partial charge in [0.05, 0.1) is 5.56 Å². The third kappa shape index (κ3) is 4.94. The van der Waals surface area contributed by atoms with Gasteiger partial charge in [-0.05, 0) is 62.1 Å². The highest BCUT2D eigenvalue weighted by atomic mass is 16.5. The van der Waals surface area contributed by atoms with Crippen LogP contribution in [0.4, 0.5) is 11.4 Å². The SMILES string of the molecule is Cc1cccc(C)c1NC(=O)COC(=O)c1ccc(NC(=O)C2CC2)cc1. The third-order valence-corrected chi connectivity index (χ3v) is 4.42. The Morgan fingerprint density at radius 3 is 2.19 bits per heavy atom. The number of carbonyl (C=O) groups excluding carboxylic acids is 3. The molecule has 6 heteroatoms. The summed E-state index contributed by atoms with van der Waals surface area (Å²) in [5.74, 6) is -0.862. The summed E-state index contributed by atoms with van der Waals surface area (Å²) in [6.07, 6.45) is 1.86. The Hall–Kier alpha value is -3.15. The van der Waals surface area contributed by atoms with E-state index < -0.39 is 11.9 Å². The molecule has 2 aromatic carbocycles. The van der Waals surface area contributed by atoms with Crippen LogP contribution in [0.3, 0.4) is 0 Å². The monoisotopic (exact) mass is 366 g/mol. The molecule has 0 saturated heterocycles. The predicted molar refractivity (Wildman–Crippen MR) is 103 cm³/mol. The fraction of sp³-hybridized carbons (Fsp3) is 0.286. The first-order chi connectivity index (χ1) is 12.9. The number of para-hydroxylation sites is 1. The molecule has 1 fully saturated rings. The van der Waals surface area contributed by atoms with Crippen LogP contribution in [-0.2, 0) is 14.3 Å². The lowest BCUT2D eigenvalue weighted by atomic mass is 10.1. The van der Waals surface area contributed by atoms with Gasteiger partial charge in [-0.3, -0.25) is 9.59 Å². The zero-order chi connectivity index (χ0) is 19.4. The molecule has 1 aliphatic rings. The van der Waals surface area contributed by atoms with Gasteiger partial charge in [-0.1, -0.05) is 18.2 Å². The zero-order valence-corrected chi connectivity index (χ0v) is 15.4. The van der Waals surface area contributed by atoms with Gasteiger partial charge in [0, 0.05) is 17.3 Å². The first kappa shape index (κ1) is 18.6. The lowest BCUT2D eigenvalue weighted by Crippen LogP contribution is -2.21. The van der Waals surface area contributed by atoms with Gasteiger partial charge in [0.25, 0.3) is 5.91 Å². The van der Waals surface area contributed by atoms with E-state index >= 15 is 0 Å². The fourth-order valence-electron chi connectivity index (χ4n) is 2.68. The van der Waals surface area contributed by atoms with Crippen molar-refractivity contribution < 1.29 is 19.1 Å². The van der Waals surface area contributed by atoms with Crippen LogP contribution in [0.5, 0.6) is 0 Å². The summed E-state index contributed by atoms with van der Waals surface area (Å²) in [6.45, 7) is 3.43. The largest absolute Gasteiger partial charge is 0.452 e. The maximum absolute atomic E-state index is 12.1. The van der Waals surface area contributed by atoms with Gasteiger partial charge < -0.3 is 15.4 Å². The lowest BCUT2D eigenvalue weighted by Gasteiger charge is -2.11. The molecule has 2 aromatic rings. The Balaban J connectivity index is 1.51. The summed E-state index contributed by atoms with van der Waals surface area (Å²) in [5, 5.41) is 5.57. The van der Waals surface area contributed by atoms with Gasteiger partial charge in [0.15, 0.2) is 6.61 Å². The molecule has 0 aromatic heterocycles. The second-order valence-corrected chi connectivity index (χ2v) is 6.73. The van der Waals surface area contributed by atoms with Crippen molar-refractivity contribution in [2.24, 2.45) is 5.92 Å². The Labute approximate surface area is 157 Å².